The van der Waals surface area contributed by atoms with E-state index in [0.717, 1.165) is 63.4 Å². The van der Waals surface area contributed by atoms with Gasteiger partial charge in [-0.3, -0.25) is 9.89 Å². The molecule has 3 heterocycles. The lowest BCUT2D eigenvalue weighted by Gasteiger charge is -2.36. The summed E-state index contributed by atoms with van der Waals surface area (Å²) in [5.74, 6) is 1.93. The van der Waals surface area contributed by atoms with Crippen LogP contribution in [0.4, 0.5) is 0 Å². The summed E-state index contributed by atoms with van der Waals surface area (Å²) >= 11 is 0. The van der Waals surface area contributed by atoms with Crippen molar-refractivity contribution in [2.75, 3.05) is 59.4 Å². The van der Waals surface area contributed by atoms with Crippen LogP contribution in [-0.4, -0.2) is 85.2 Å². The van der Waals surface area contributed by atoms with Crippen LogP contribution in [0.2, 0.25) is 0 Å². The molecule has 8 heteroatoms. The Morgan fingerprint density at radius 3 is 2.59 bits per heavy atom. The minimum Gasteiger partial charge on any atom is -0.364 e. The maximum atomic E-state index is 4.93. The molecule has 1 aromatic rings. The molecule has 3 rings (SSSR count). The number of piperazine rings is 1. The van der Waals surface area contributed by atoms with Gasteiger partial charge >= 0.3 is 0 Å². The highest BCUT2D eigenvalue weighted by atomic mass is 127. The van der Waals surface area contributed by atoms with E-state index in [9.17, 15) is 0 Å². The van der Waals surface area contributed by atoms with Crippen LogP contribution in [0, 0.1) is 5.92 Å². The van der Waals surface area contributed by atoms with Gasteiger partial charge in [0.25, 0.3) is 0 Å². The molecule has 0 amide bonds. The Kier molecular flexibility index (Phi) is 9.84. The topological polar surface area (TPSA) is 60.1 Å². The summed E-state index contributed by atoms with van der Waals surface area (Å²) in [6.07, 6.45) is 5.51. The molecule has 2 aliphatic heterocycles. The maximum absolute atomic E-state index is 4.93. The number of aromatic nitrogens is 1. The number of nitrogens with one attached hydrogen (secondary N) is 1. The predicted molar refractivity (Wildman–Crippen MR) is 120 cm³/mol. The van der Waals surface area contributed by atoms with E-state index >= 15 is 0 Å². The van der Waals surface area contributed by atoms with Crippen molar-refractivity contribution in [3.63, 3.8) is 0 Å². The van der Waals surface area contributed by atoms with Crippen LogP contribution in [0.25, 0.3) is 0 Å². The third-order valence-electron chi connectivity index (χ3n) is 5.52. The van der Waals surface area contributed by atoms with Gasteiger partial charge in [0.15, 0.2) is 5.96 Å². The van der Waals surface area contributed by atoms with Crippen molar-refractivity contribution in [2.24, 2.45) is 10.9 Å². The van der Waals surface area contributed by atoms with E-state index in [0.29, 0.717) is 0 Å². The zero-order chi connectivity index (χ0) is 18.2. The van der Waals surface area contributed by atoms with Crippen LogP contribution in [-0.2, 0) is 6.54 Å². The molecule has 2 saturated heterocycles. The average molecular weight is 490 g/mol. The Balaban J connectivity index is 0.00000261. The molecule has 1 aromatic heterocycles. The molecule has 0 unspecified atom stereocenters. The summed E-state index contributed by atoms with van der Waals surface area (Å²) in [4.78, 5) is 12.2. The van der Waals surface area contributed by atoms with Crippen molar-refractivity contribution >= 4 is 29.9 Å². The van der Waals surface area contributed by atoms with E-state index in [1.807, 2.05) is 6.07 Å². The minimum absolute atomic E-state index is 0. The van der Waals surface area contributed by atoms with E-state index < -0.39 is 0 Å². The molecule has 2 aliphatic rings. The molecule has 7 nitrogen and oxygen atoms in total. The molecule has 0 saturated carbocycles. The Morgan fingerprint density at radius 2 is 1.96 bits per heavy atom. The fourth-order valence-corrected chi connectivity index (χ4v) is 3.80. The molecule has 1 N–H and O–H groups in total. The van der Waals surface area contributed by atoms with E-state index in [1.165, 1.54) is 32.4 Å². The first-order valence-corrected chi connectivity index (χ1v) is 10.1. The van der Waals surface area contributed by atoms with E-state index in [4.69, 9.17) is 9.52 Å². The average Bonchev–Trinajstić information content (AvgIpc) is 3.16. The van der Waals surface area contributed by atoms with Crippen molar-refractivity contribution in [3.8, 4) is 0 Å². The first-order valence-electron chi connectivity index (χ1n) is 10.1. The van der Waals surface area contributed by atoms with Crippen LogP contribution in [0.5, 0.6) is 0 Å². The second kappa shape index (κ2) is 11.9. The fraction of sp³-hybridized carbons (Fsp3) is 0.789. The normalized spacial score (nSPS) is 20.5. The Hall–Kier alpha value is -0.870. The van der Waals surface area contributed by atoms with Crippen molar-refractivity contribution < 1.29 is 4.52 Å². The van der Waals surface area contributed by atoms with Crippen molar-refractivity contribution in [1.29, 1.82) is 0 Å². The lowest BCUT2D eigenvalue weighted by molar-refractivity contribution is 0.169. The number of aliphatic imine (C=N–C) groups is 1. The third kappa shape index (κ3) is 7.23. The van der Waals surface area contributed by atoms with E-state index in [1.54, 1.807) is 6.26 Å². The molecular formula is C19H35IN6O. The van der Waals surface area contributed by atoms with Crippen molar-refractivity contribution in [2.45, 2.75) is 32.7 Å². The molecule has 0 bridgehead atoms. The van der Waals surface area contributed by atoms with Gasteiger partial charge in [-0.25, -0.2) is 0 Å². The number of hydrogen-bond donors (Lipinski definition) is 1. The largest absolute Gasteiger partial charge is 0.364 e. The number of rotatable bonds is 6. The molecule has 27 heavy (non-hydrogen) atoms. The second-order valence-electron chi connectivity index (χ2n) is 7.52. The summed E-state index contributed by atoms with van der Waals surface area (Å²) in [7, 11) is 2.22. The van der Waals surface area contributed by atoms with Crippen LogP contribution in [0.3, 0.4) is 0 Å². The highest BCUT2D eigenvalue weighted by molar-refractivity contribution is 14.0. The van der Waals surface area contributed by atoms with Gasteiger partial charge in [-0.05, 0) is 52.2 Å². The number of piperidine rings is 1. The van der Waals surface area contributed by atoms with Gasteiger partial charge < -0.3 is 19.6 Å². The molecule has 0 aromatic carbocycles. The summed E-state index contributed by atoms with van der Waals surface area (Å²) in [5, 5.41) is 7.49. The number of hydrogen-bond acceptors (Lipinski definition) is 5. The maximum Gasteiger partial charge on any atom is 0.194 e. The van der Waals surface area contributed by atoms with E-state index in [2.05, 4.69) is 39.1 Å². The molecule has 2 fully saturated rings. The highest BCUT2D eigenvalue weighted by Gasteiger charge is 2.21. The molecule has 0 spiro atoms. The molecule has 0 radical (unpaired) electrons. The quantitative estimate of drug-likeness (QED) is 0.375. The van der Waals surface area contributed by atoms with Crippen molar-refractivity contribution in [1.82, 2.24) is 25.2 Å². The fourth-order valence-electron chi connectivity index (χ4n) is 3.80. The number of guanidine groups is 1. The SMILES string of the molecule is CCNC(=NCCC1CCN(C)CC1)N1CCN(Cc2ccon2)CC1.I. The summed E-state index contributed by atoms with van der Waals surface area (Å²) in [6, 6.07) is 1.95. The standard InChI is InChI=1S/C19H34N6O.HI/c1-3-20-19(21-8-4-17-5-9-23(2)10-6-17)25-13-11-24(12-14-25)16-18-7-15-26-22-18;/h7,15,17H,3-6,8-14,16H2,1-2H3,(H,20,21);1H. The van der Waals surface area contributed by atoms with Gasteiger partial charge in [-0.1, -0.05) is 5.16 Å². The Morgan fingerprint density at radius 1 is 1.22 bits per heavy atom. The van der Waals surface area contributed by atoms with E-state index in [-0.39, 0.29) is 24.0 Å². The zero-order valence-corrected chi connectivity index (χ0v) is 19.1. The molecule has 0 aliphatic carbocycles. The van der Waals surface area contributed by atoms with Crippen molar-refractivity contribution in [3.05, 3.63) is 18.0 Å². The predicted octanol–water partition coefficient (Wildman–Crippen LogP) is 2.11. The molecule has 0 atom stereocenters. The van der Waals surface area contributed by atoms with Crippen LogP contribution in [0.15, 0.2) is 21.8 Å². The van der Waals surface area contributed by atoms with Gasteiger partial charge in [-0.15, -0.1) is 24.0 Å². The summed E-state index contributed by atoms with van der Waals surface area (Å²) < 4.78 is 4.93. The lowest BCUT2D eigenvalue weighted by Crippen LogP contribution is -2.52. The highest BCUT2D eigenvalue weighted by Crippen LogP contribution is 2.19. The van der Waals surface area contributed by atoms with Crippen LogP contribution >= 0.6 is 24.0 Å². The third-order valence-corrected chi connectivity index (χ3v) is 5.52. The monoisotopic (exact) mass is 490 g/mol. The zero-order valence-electron chi connectivity index (χ0n) is 16.8. The minimum atomic E-state index is 0. The van der Waals surface area contributed by atoms with Crippen LogP contribution in [0.1, 0.15) is 31.9 Å². The Labute approximate surface area is 180 Å². The lowest BCUT2D eigenvalue weighted by atomic mass is 9.94. The Bertz CT molecular complexity index is 536. The van der Waals surface area contributed by atoms with Gasteiger partial charge in [0.05, 0.1) is 5.69 Å². The van der Waals surface area contributed by atoms with Gasteiger partial charge in [0.1, 0.15) is 6.26 Å². The van der Waals surface area contributed by atoms with Gasteiger partial charge in [0.2, 0.25) is 0 Å². The summed E-state index contributed by atoms with van der Waals surface area (Å²) in [6.45, 7) is 11.4. The summed E-state index contributed by atoms with van der Waals surface area (Å²) in [5.41, 5.74) is 1.01. The first-order chi connectivity index (χ1) is 12.7. The number of nitrogens with zero attached hydrogens (tertiary/aromatic N) is 5. The smallest absolute Gasteiger partial charge is 0.194 e. The first kappa shape index (κ1) is 22.4. The second-order valence-corrected chi connectivity index (χ2v) is 7.52. The van der Waals surface area contributed by atoms with Gasteiger partial charge in [-0.2, -0.15) is 0 Å². The molecular weight excluding hydrogens is 455 g/mol. The number of likely N-dealkylation sites (tertiary alicyclic amines) is 1. The van der Waals surface area contributed by atoms with Crippen LogP contribution < -0.4 is 5.32 Å². The molecule has 154 valence electrons. The van der Waals surface area contributed by atoms with Gasteiger partial charge in [0, 0.05) is 51.9 Å². The number of halogens is 1.